The summed E-state index contributed by atoms with van der Waals surface area (Å²) in [4.78, 5) is 2.60. The second kappa shape index (κ2) is 3.97. The predicted molar refractivity (Wildman–Crippen MR) is 58.0 cm³/mol. The van der Waals surface area contributed by atoms with Crippen molar-refractivity contribution in [3.63, 3.8) is 0 Å². The van der Waals surface area contributed by atoms with Crippen LogP contribution in [0, 0.1) is 0 Å². The molecule has 1 saturated heterocycles. The second-order valence-electron chi connectivity index (χ2n) is 5.31. The van der Waals surface area contributed by atoms with Gasteiger partial charge in [0.2, 0.25) is 0 Å². The molecular weight excluding hydrogens is 160 g/mol. The molecule has 0 aliphatic carbocycles. The van der Waals surface area contributed by atoms with E-state index in [4.69, 9.17) is 0 Å². The molecule has 0 spiro atoms. The van der Waals surface area contributed by atoms with Gasteiger partial charge >= 0.3 is 0 Å². The van der Waals surface area contributed by atoms with Gasteiger partial charge in [0, 0.05) is 30.7 Å². The molecule has 78 valence electrons. The summed E-state index contributed by atoms with van der Waals surface area (Å²) in [5.41, 5.74) is 0.311. The van der Waals surface area contributed by atoms with Gasteiger partial charge in [-0.05, 0) is 41.0 Å². The summed E-state index contributed by atoms with van der Waals surface area (Å²) in [6, 6.07) is 1.33. The molecule has 1 N–H and O–H groups in total. The molecule has 2 unspecified atom stereocenters. The third-order valence-corrected chi connectivity index (χ3v) is 2.96. The minimum Gasteiger partial charge on any atom is -0.313 e. The summed E-state index contributed by atoms with van der Waals surface area (Å²) in [7, 11) is 0. The molecule has 1 fully saturated rings. The Hall–Kier alpha value is -0.0800. The maximum atomic E-state index is 3.55. The molecule has 0 amide bonds. The Morgan fingerprint density at radius 2 is 1.85 bits per heavy atom. The Morgan fingerprint density at radius 1 is 1.23 bits per heavy atom. The van der Waals surface area contributed by atoms with Gasteiger partial charge < -0.3 is 5.32 Å². The maximum absolute atomic E-state index is 3.55. The number of hydrogen-bond donors (Lipinski definition) is 1. The Balaban J connectivity index is 2.62. The highest BCUT2D eigenvalue weighted by Crippen LogP contribution is 2.19. The standard InChI is InChI=1S/C11H24N2/c1-9-6-7-13(11(3,4)5)10(2)8-12-9/h9-10,12H,6-8H2,1-5H3. The Morgan fingerprint density at radius 3 is 2.38 bits per heavy atom. The molecule has 1 heterocycles. The average molecular weight is 184 g/mol. The van der Waals surface area contributed by atoms with Crippen LogP contribution in [-0.2, 0) is 0 Å². The molecule has 0 bridgehead atoms. The van der Waals surface area contributed by atoms with Gasteiger partial charge in [0.05, 0.1) is 0 Å². The first-order chi connectivity index (χ1) is 5.91. The predicted octanol–water partition coefficient (Wildman–Crippen LogP) is 1.86. The normalized spacial score (nSPS) is 33.0. The SMILES string of the molecule is CC1CCN(C(C)(C)C)C(C)CN1. The number of nitrogens with one attached hydrogen (secondary N) is 1. The highest BCUT2D eigenvalue weighted by atomic mass is 15.2. The van der Waals surface area contributed by atoms with Crippen molar-refractivity contribution in [2.45, 2.75) is 58.7 Å². The summed E-state index contributed by atoms with van der Waals surface area (Å²) in [6.07, 6.45) is 1.27. The largest absolute Gasteiger partial charge is 0.313 e. The molecule has 0 radical (unpaired) electrons. The van der Waals surface area contributed by atoms with Crippen molar-refractivity contribution in [2.75, 3.05) is 13.1 Å². The van der Waals surface area contributed by atoms with E-state index in [0.717, 1.165) is 6.54 Å². The minimum absolute atomic E-state index is 0.311. The van der Waals surface area contributed by atoms with E-state index in [1.165, 1.54) is 13.0 Å². The smallest absolute Gasteiger partial charge is 0.0197 e. The van der Waals surface area contributed by atoms with Crippen molar-refractivity contribution in [1.29, 1.82) is 0 Å². The first kappa shape index (κ1) is 11.0. The van der Waals surface area contributed by atoms with E-state index in [1.54, 1.807) is 0 Å². The second-order valence-corrected chi connectivity index (χ2v) is 5.31. The lowest BCUT2D eigenvalue weighted by molar-refractivity contribution is 0.0996. The van der Waals surface area contributed by atoms with Crippen LogP contribution in [-0.4, -0.2) is 35.6 Å². The lowest BCUT2D eigenvalue weighted by Gasteiger charge is -2.39. The van der Waals surface area contributed by atoms with E-state index in [0.29, 0.717) is 17.6 Å². The molecule has 1 rings (SSSR count). The van der Waals surface area contributed by atoms with Crippen LogP contribution in [0.15, 0.2) is 0 Å². The summed E-state index contributed by atoms with van der Waals surface area (Å²) in [5, 5.41) is 3.55. The van der Waals surface area contributed by atoms with Gasteiger partial charge in [0.1, 0.15) is 0 Å². The number of nitrogens with zero attached hydrogens (tertiary/aromatic N) is 1. The Labute approximate surface area is 82.7 Å². The zero-order chi connectivity index (χ0) is 10.1. The molecule has 2 heteroatoms. The Kier molecular flexibility index (Phi) is 3.36. The average Bonchev–Trinajstić information content (AvgIpc) is 2.12. The van der Waals surface area contributed by atoms with E-state index in [1.807, 2.05) is 0 Å². The van der Waals surface area contributed by atoms with Crippen LogP contribution in [0.2, 0.25) is 0 Å². The topological polar surface area (TPSA) is 15.3 Å². The van der Waals surface area contributed by atoms with Crippen molar-refractivity contribution in [3.8, 4) is 0 Å². The summed E-state index contributed by atoms with van der Waals surface area (Å²) < 4.78 is 0. The van der Waals surface area contributed by atoms with Crippen molar-refractivity contribution in [2.24, 2.45) is 0 Å². The Bertz CT molecular complexity index is 160. The van der Waals surface area contributed by atoms with Crippen LogP contribution in [0.3, 0.4) is 0 Å². The maximum Gasteiger partial charge on any atom is 0.0197 e. The van der Waals surface area contributed by atoms with E-state index in [9.17, 15) is 0 Å². The quantitative estimate of drug-likeness (QED) is 0.618. The van der Waals surface area contributed by atoms with Crippen molar-refractivity contribution in [3.05, 3.63) is 0 Å². The summed E-state index contributed by atoms with van der Waals surface area (Å²) in [5.74, 6) is 0. The van der Waals surface area contributed by atoms with Gasteiger partial charge in [-0.1, -0.05) is 0 Å². The van der Waals surface area contributed by atoms with Crippen LogP contribution < -0.4 is 5.32 Å². The van der Waals surface area contributed by atoms with Crippen LogP contribution in [0.4, 0.5) is 0 Å². The van der Waals surface area contributed by atoms with Crippen LogP contribution in [0.5, 0.6) is 0 Å². The summed E-state index contributed by atoms with van der Waals surface area (Å²) >= 11 is 0. The molecule has 0 saturated carbocycles. The fourth-order valence-electron chi connectivity index (χ4n) is 2.13. The molecule has 1 aliphatic rings. The van der Waals surface area contributed by atoms with Gasteiger partial charge in [-0.15, -0.1) is 0 Å². The van der Waals surface area contributed by atoms with Crippen molar-refractivity contribution in [1.82, 2.24) is 10.2 Å². The molecule has 13 heavy (non-hydrogen) atoms. The highest BCUT2D eigenvalue weighted by molar-refractivity contribution is 4.86. The van der Waals surface area contributed by atoms with Crippen LogP contribution in [0.25, 0.3) is 0 Å². The molecule has 0 aromatic heterocycles. The lowest BCUT2D eigenvalue weighted by Crippen LogP contribution is -2.48. The van der Waals surface area contributed by atoms with E-state index < -0.39 is 0 Å². The van der Waals surface area contributed by atoms with Gasteiger partial charge in [-0.3, -0.25) is 4.90 Å². The third-order valence-electron chi connectivity index (χ3n) is 2.96. The molecule has 2 atom stereocenters. The third kappa shape index (κ3) is 2.96. The van der Waals surface area contributed by atoms with Crippen LogP contribution >= 0.6 is 0 Å². The molecule has 0 aromatic rings. The van der Waals surface area contributed by atoms with Crippen LogP contribution in [0.1, 0.15) is 41.0 Å². The fraction of sp³-hybridized carbons (Fsp3) is 1.00. The van der Waals surface area contributed by atoms with Crippen molar-refractivity contribution >= 4 is 0 Å². The van der Waals surface area contributed by atoms with Gasteiger partial charge in [-0.25, -0.2) is 0 Å². The number of rotatable bonds is 0. The molecular formula is C11H24N2. The molecule has 2 nitrogen and oxygen atoms in total. The van der Waals surface area contributed by atoms with E-state index in [2.05, 4.69) is 44.8 Å². The zero-order valence-electron chi connectivity index (χ0n) is 9.72. The zero-order valence-corrected chi connectivity index (χ0v) is 9.72. The monoisotopic (exact) mass is 184 g/mol. The number of hydrogen-bond acceptors (Lipinski definition) is 2. The molecule has 1 aliphatic heterocycles. The first-order valence-electron chi connectivity index (χ1n) is 5.41. The minimum atomic E-state index is 0.311. The van der Waals surface area contributed by atoms with Gasteiger partial charge in [-0.2, -0.15) is 0 Å². The first-order valence-corrected chi connectivity index (χ1v) is 5.41. The van der Waals surface area contributed by atoms with E-state index in [-0.39, 0.29) is 0 Å². The lowest BCUT2D eigenvalue weighted by atomic mass is 10.0. The molecule has 0 aromatic carbocycles. The van der Waals surface area contributed by atoms with Gasteiger partial charge in [0.15, 0.2) is 0 Å². The highest BCUT2D eigenvalue weighted by Gasteiger charge is 2.28. The fourth-order valence-corrected chi connectivity index (χ4v) is 2.13. The van der Waals surface area contributed by atoms with E-state index >= 15 is 0 Å². The summed E-state index contributed by atoms with van der Waals surface area (Å²) in [6.45, 7) is 13.9. The van der Waals surface area contributed by atoms with Gasteiger partial charge in [0.25, 0.3) is 0 Å². The van der Waals surface area contributed by atoms with Crippen molar-refractivity contribution < 1.29 is 0 Å².